The Bertz CT molecular complexity index is 287. The van der Waals surface area contributed by atoms with E-state index < -0.39 is 6.09 Å². The molecule has 0 atom stereocenters. The molecule has 0 aliphatic carbocycles. The molecule has 2 N–H and O–H groups in total. The smallest absolute Gasteiger partial charge is 0.407 e. The number of carboxylic acid groups (broad SMARTS) is 1. The van der Waals surface area contributed by atoms with E-state index in [0.29, 0.717) is 19.0 Å². The Labute approximate surface area is 94.2 Å². The van der Waals surface area contributed by atoms with E-state index >= 15 is 0 Å². The molecule has 16 heavy (non-hydrogen) atoms. The summed E-state index contributed by atoms with van der Waals surface area (Å²) < 4.78 is 0. The summed E-state index contributed by atoms with van der Waals surface area (Å²) in [5, 5.41) is 11.6. The summed E-state index contributed by atoms with van der Waals surface area (Å²) in [6.07, 6.45) is 0.879. The van der Waals surface area contributed by atoms with E-state index in [2.05, 4.69) is 5.32 Å². The van der Waals surface area contributed by atoms with Gasteiger partial charge >= 0.3 is 12.1 Å². The van der Waals surface area contributed by atoms with Gasteiger partial charge in [-0.25, -0.2) is 9.59 Å². The van der Waals surface area contributed by atoms with Crippen molar-refractivity contribution in [2.24, 2.45) is 5.92 Å². The number of urea groups is 1. The van der Waals surface area contributed by atoms with E-state index in [1.807, 2.05) is 4.90 Å². The van der Waals surface area contributed by atoms with E-state index in [1.165, 1.54) is 4.90 Å². The fourth-order valence-electron chi connectivity index (χ4n) is 2.30. The Kier molecular flexibility index (Phi) is 3.17. The molecule has 0 spiro atoms. The van der Waals surface area contributed by atoms with Gasteiger partial charge in [-0.1, -0.05) is 0 Å². The zero-order valence-electron chi connectivity index (χ0n) is 9.19. The first kappa shape index (κ1) is 11.0. The van der Waals surface area contributed by atoms with Gasteiger partial charge in [0.1, 0.15) is 0 Å². The molecule has 90 valence electrons. The van der Waals surface area contributed by atoms with Crippen LogP contribution in [-0.4, -0.2) is 59.8 Å². The predicted molar refractivity (Wildman–Crippen MR) is 57.3 cm³/mol. The second-order valence-electron chi connectivity index (χ2n) is 4.39. The van der Waals surface area contributed by atoms with Gasteiger partial charge in [0.05, 0.1) is 0 Å². The van der Waals surface area contributed by atoms with Crippen molar-refractivity contribution in [3.8, 4) is 0 Å². The summed E-state index contributed by atoms with van der Waals surface area (Å²) in [6.45, 7) is 3.45. The highest BCUT2D eigenvalue weighted by molar-refractivity contribution is 5.76. The highest BCUT2D eigenvalue weighted by Gasteiger charge is 2.27. The molecular weight excluding hydrogens is 210 g/mol. The van der Waals surface area contributed by atoms with Crippen molar-refractivity contribution in [3.05, 3.63) is 0 Å². The summed E-state index contributed by atoms with van der Waals surface area (Å²) in [4.78, 5) is 25.3. The van der Waals surface area contributed by atoms with Gasteiger partial charge < -0.3 is 20.2 Å². The Hall–Kier alpha value is -1.46. The maximum absolute atomic E-state index is 11.3. The fourth-order valence-corrected chi connectivity index (χ4v) is 2.30. The largest absolute Gasteiger partial charge is 0.465 e. The molecular formula is C10H17N3O3. The fraction of sp³-hybridized carbons (Fsp3) is 0.800. The van der Waals surface area contributed by atoms with Crippen molar-refractivity contribution < 1.29 is 14.7 Å². The molecule has 0 unspecified atom stereocenters. The minimum Gasteiger partial charge on any atom is -0.465 e. The Morgan fingerprint density at radius 1 is 1.38 bits per heavy atom. The molecule has 0 bridgehead atoms. The number of carbonyl (C=O) groups is 2. The van der Waals surface area contributed by atoms with Gasteiger partial charge in [0.15, 0.2) is 0 Å². The van der Waals surface area contributed by atoms with Crippen LogP contribution in [0.3, 0.4) is 0 Å². The predicted octanol–water partition coefficient (Wildman–Crippen LogP) is 0.402. The zero-order valence-corrected chi connectivity index (χ0v) is 9.19. The van der Waals surface area contributed by atoms with E-state index in [1.54, 1.807) is 0 Å². The first-order chi connectivity index (χ1) is 7.66. The first-order valence-electron chi connectivity index (χ1n) is 5.67. The molecule has 0 saturated carbocycles. The van der Waals surface area contributed by atoms with Crippen LogP contribution in [0.2, 0.25) is 0 Å². The molecule has 0 aromatic carbocycles. The minimum atomic E-state index is -0.836. The summed E-state index contributed by atoms with van der Waals surface area (Å²) in [5.41, 5.74) is 0. The van der Waals surface area contributed by atoms with E-state index in [4.69, 9.17) is 5.11 Å². The van der Waals surface area contributed by atoms with Crippen molar-refractivity contribution in [1.29, 1.82) is 0 Å². The van der Waals surface area contributed by atoms with Gasteiger partial charge in [0.25, 0.3) is 0 Å². The Morgan fingerprint density at radius 2 is 2.06 bits per heavy atom. The van der Waals surface area contributed by atoms with Gasteiger partial charge in [-0.2, -0.15) is 0 Å². The van der Waals surface area contributed by atoms with Crippen LogP contribution in [0.5, 0.6) is 0 Å². The number of carbonyl (C=O) groups excluding carboxylic acids is 1. The molecule has 0 aromatic rings. The van der Waals surface area contributed by atoms with Crippen LogP contribution in [-0.2, 0) is 0 Å². The van der Waals surface area contributed by atoms with Crippen molar-refractivity contribution in [1.82, 2.24) is 15.1 Å². The molecule has 6 heteroatoms. The zero-order chi connectivity index (χ0) is 11.5. The number of rotatable bonds is 2. The highest BCUT2D eigenvalue weighted by atomic mass is 16.4. The van der Waals surface area contributed by atoms with Gasteiger partial charge in [-0.05, 0) is 18.8 Å². The molecule has 2 saturated heterocycles. The highest BCUT2D eigenvalue weighted by Crippen LogP contribution is 2.19. The summed E-state index contributed by atoms with van der Waals surface area (Å²) in [7, 11) is 0. The summed E-state index contributed by atoms with van der Waals surface area (Å²) >= 11 is 0. The van der Waals surface area contributed by atoms with Gasteiger partial charge in [-0.15, -0.1) is 0 Å². The normalized spacial score (nSPS) is 22.4. The van der Waals surface area contributed by atoms with Crippen LogP contribution in [0.15, 0.2) is 0 Å². The van der Waals surface area contributed by atoms with Gasteiger partial charge in [0.2, 0.25) is 0 Å². The third kappa shape index (κ3) is 2.37. The number of hydrogen-bond acceptors (Lipinski definition) is 2. The van der Waals surface area contributed by atoms with Crippen LogP contribution >= 0.6 is 0 Å². The molecule has 2 rings (SSSR count). The Balaban J connectivity index is 1.77. The second-order valence-corrected chi connectivity index (χ2v) is 4.39. The van der Waals surface area contributed by atoms with E-state index in [-0.39, 0.29) is 6.03 Å². The first-order valence-corrected chi connectivity index (χ1v) is 5.67. The van der Waals surface area contributed by atoms with Crippen LogP contribution in [0.25, 0.3) is 0 Å². The lowest BCUT2D eigenvalue weighted by atomic mass is 9.96. The van der Waals surface area contributed by atoms with Gasteiger partial charge in [0, 0.05) is 32.7 Å². The van der Waals surface area contributed by atoms with Crippen molar-refractivity contribution in [2.45, 2.75) is 12.8 Å². The molecule has 2 heterocycles. The number of hydrogen-bond donors (Lipinski definition) is 2. The minimum absolute atomic E-state index is 0.0145. The SMILES string of the molecule is O=C(O)N1CCC(CN2CCNC2=O)CC1. The molecule has 2 fully saturated rings. The summed E-state index contributed by atoms with van der Waals surface area (Å²) in [5.74, 6) is 0.444. The lowest BCUT2D eigenvalue weighted by Gasteiger charge is -2.31. The maximum Gasteiger partial charge on any atom is 0.407 e. The number of piperidine rings is 1. The van der Waals surface area contributed by atoms with Crippen LogP contribution in [0.1, 0.15) is 12.8 Å². The quantitative estimate of drug-likeness (QED) is 0.717. The average molecular weight is 227 g/mol. The number of likely N-dealkylation sites (tertiary alicyclic amines) is 1. The van der Waals surface area contributed by atoms with E-state index in [0.717, 1.165) is 32.5 Å². The molecule has 2 aliphatic heterocycles. The molecule has 3 amide bonds. The standard InChI is InChI=1S/C10H17N3O3/c14-9-11-3-6-13(9)7-8-1-4-12(5-2-8)10(15)16/h8H,1-7H2,(H,11,14)(H,15,16). The number of amides is 3. The third-order valence-electron chi connectivity index (χ3n) is 3.31. The third-order valence-corrected chi connectivity index (χ3v) is 3.31. The monoisotopic (exact) mass is 227 g/mol. The van der Waals surface area contributed by atoms with Crippen molar-refractivity contribution in [2.75, 3.05) is 32.7 Å². The van der Waals surface area contributed by atoms with Crippen molar-refractivity contribution in [3.63, 3.8) is 0 Å². The molecule has 2 aliphatic rings. The lowest BCUT2D eigenvalue weighted by Crippen LogP contribution is -2.41. The number of nitrogens with zero attached hydrogens (tertiary/aromatic N) is 2. The lowest BCUT2D eigenvalue weighted by molar-refractivity contribution is 0.118. The maximum atomic E-state index is 11.3. The van der Waals surface area contributed by atoms with Crippen LogP contribution < -0.4 is 5.32 Å². The molecule has 0 aromatic heterocycles. The van der Waals surface area contributed by atoms with Crippen molar-refractivity contribution >= 4 is 12.1 Å². The average Bonchev–Trinajstić information content (AvgIpc) is 2.65. The Morgan fingerprint density at radius 3 is 2.56 bits per heavy atom. The van der Waals surface area contributed by atoms with E-state index in [9.17, 15) is 9.59 Å². The number of nitrogens with one attached hydrogen (secondary N) is 1. The topological polar surface area (TPSA) is 72.9 Å². The summed E-state index contributed by atoms with van der Waals surface area (Å²) in [6, 6.07) is 0.0145. The molecule has 6 nitrogen and oxygen atoms in total. The van der Waals surface area contributed by atoms with Gasteiger partial charge in [-0.3, -0.25) is 0 Å². The van der Waals surface area contributed by atoms with Crippen LogP contribution in [0.4, 0.5) is 9.59 Å². The molecule has 0 radical (unpaired) electrons. The second kappa shape index (κ2) is 4.59. The van der Waals surface area contributed by atoms with Crippen LogP contribution in [0, 0.1) is 5.92 Å².